The summed E-state index contributed by atoms with van der Waals surface area (Å²) in [5, 5.41) is 0. The number of ether oxygens (including phenoxy) is 1. The molecule has 0 N–H and O–H groups in total. The van der Waals surface area contributed by atoms with Crippen LogP contribution in [0.25, 0.3) is 0 Å². The summed E-state index contributed by atoms with van der Waals surface area (Å²) >= 11 is 1.36. The monoisotopic (exact) mass is 227 g/mol. The Bertz CT molecular complexity index is 237. The topological polar surface area (TPSA) is 35.5 Å². The van der Waals surface area contributed by atoms with Gasteiger partial charge in [0.1, 0.15) is 6.10 Å². The number of allylic oxidation sites excluding steroid dienone is 1. The molecule has 4 heteroatoms. The summed E-state index contributed by atoms with van der Waals surface area (Å²) in [5.41, 5.74) is -0.376. The minimum absolute atomic E-state index is 0.0552. The molecule has 0 saturated carbocycles. The molecular weight excluding hydrogens is 207 g/mol. The molecule has 0 aromatic heterocycles. The number of rotatable bonds is 5. The third-order valence-corrected chi connectivity index (χ3v) is 2.49. The normalized spacial score (nSPS) is 14.9. The Hall–Kier alpha value is -0.298. The van der Waals surface area contributed by atoms with Crippen LogP contribution in [0.4, 0.5) is 0 Å². The SMILES string of the molecule is CCC(OC)C(=CC(=O)C(C)(C)C)[O][AlH]. The highest BCUT2D eigenvalue weighted by Gasteiger charge is 2.21. The molecule has 3 nitrogen and oxygen atoms in total. The second kappa shape index (κ2) is 6.32. The Morgan fingerprint density at radius 1 is 1.47 bits per heavy atom. The fourth-order valence-corrected chi connectivity index (χ4v) is 1.33. The van der Waals surface area contributed by atoms with E-state index in [-0.39, 0.29) is 17.3 Å². The second-order valence-corrected chi connectivity index (χ2v) is 4.73. The smallest absolute Gasteiger partial charge is 0.494 e. The number of ketones is 1. The first-order chi connectivity index (χ1) is 6.86. The molecule has 0 rings (SSSR count). The molecule has 0 aromatic carbocycles. The van der Waals surface area contributed by atoms with Crippen LogP contribution in [0.2, 0.25) is 0 Å². The molecule has 85 valence electrons. The van der Waals surface area contributed by atoms with E-state index in [0.29, 0.717) is 5.76 Å². The molecule has 1 radical (unpaired) electrons. The van der Waals surface area contributed by atoms with Crippen LogP contribution in [0.1, 0.15) is 34.1 Å². The fourth-order valence-electron chi connectivity index (χ4n) is 1.06. The summed E-state index contributed by atoms with van der Waals surface area (Å²) in [6, 6.07) is 0. The van der Waals surface area contributed by atoms with Crippen molar-refractivity contribution in [1.29, 1.82) is 0 Å². The minimum Gasteiger partial charge on any atom is -0.651 e. The van der Waals surface area contributed by atoms with Crippen molar-refractivity contribution in [3.05, 3.63) is 11.8 Å². The van der Waals surface area contributed by atoms with Crippen molar-refractivity contribution in [3.8, 4) is 0 Å². The molecule has 0 saturated heterocycles. The number of carbonyl (C=O) groups excluding carboxylic acids is 1. The molecule has 0 amide bonds. The maximum atomic E-state index is 11.8. The molecule has 0 aromatic rings. The second-order valence-electron chi connectivity index (χ2n) is 4.44. The van der Waals surface area contributed by atoms with Crippen LogP contribution >= 0.6 is 0 Å². The highest BCUT2D eigenvalue weighted by molar-refractivity contribution is 6.00. The average Bonchev–Trinajstić information content (AvgIpc) is 2.16. The lowest BCUT2D eigenvalue weighted by molar-refractivity contribution is -0.121. The van der Waals surface area contributed by atoms with Crippen LogP contribution < -0.4 is 0 Å². The summed E-state index contributed by atoms with van der Waals surface area (Å²) in [7, 11) is 1.62. The van der Waals surface area contributed by atoms with E-state index in [9.17, 15) is 4.79 Å². The van der Waals surface area contributed by atoms with E-state index < -0.39 is 0 Å². The molecule has 1 unspecified atom stereocenters. The van der Waals surface area contributed by atoms with Crippen LogP contribution in [-0.2, 0) is 13.3 Å². The third kappa shape index (κ3) is 4.83. The van der Waals surface area contributed by atoms with Gasteiger partial charge in [0, 0.05) is 18.6 Å². The Morgan fingerprint density at radius 3 is 2.27 bits per heavy atom. The summed E-state index contributed by atoms with van der Waals surface area (Å²) in [5.74, 6) is 0.665. The standard InChI is InChI=1S/C11H20O3.Al.H/c1-6-9(14-5)8(12)7-10(13)11(2,3)4;;/h7,9,12H,6H2,1-5H3;;/q;+1;/p-1. The molecular formula is C11H20AlO3. The van der Waals surface area contributed by atoms with Crippen LogP contribution in [0.3, 0.4) is 0 Å². The zero-order valence-corrected chi connectivity index (χ0v) is 11.7. The van der Waals surface area contributed by atoms with E-state index in [1.165, 1.54) is 16.6 Å². The van der Waals surface area contributed by atoms with Crippen LogP contribution in [-0.4, -0.2) is 35.6 Å². The summed E-state index contributed by atoms with van der Waals surface area (Å²) in [4.78, 5) is 11.8. The Morgan fingerprint density at radius 2 is 2.00 bits per heavy atom. The molecule has 0 spiro atoms. The Balaban J connectivity index is 4.80. The van der Waals surface area contributed by atoms with Gasteiger partial charge in [-0.05, 0) is 6.42 Å². The van der Waals surface area contributed by atoms with Crippen molar-refractivity contribution >= 4 is 22.4 Å². The molecule has 0 aliphatic carbocycles. The average molecular weight is 227 g/mol. The molecule has 15 heavy (non-hydrogen) atoms. The van der Waals surface area contributed by atoms with Gasteiger partial charge < -0.3 is 8.53 Å². The third-order valence-electron chi connectivity index (χ3n) is 2.15. The fraction of sp³-hybridized carbons (Fsp3) is 0.727. The largest absolute Gasteiger partial charge is 0.651 e. The first kappa shape index (κ1) is 14.7. The molecule has 0 bridgehead atoms. The van der Waals surface area contributed by atoms with Gasteiger partial charge in [0.2, 0.25) is 0 Å². The quantitative estimate of drug-likeness (QED) is 0.408. The molecule has 1 atom stereocenters. The lowest BCUT2D eigenvalue weighted by atomic mass is 9.90. The van der Waals surface area contributed by atoms with Crippen LogP contribution in [0, 0.1) is 5.41 Å². The zero-order valence-electron chi connectivity index (χ0n) is 10.3. The first-order valence-electron chi connectivity index (χ1n) is 5.07. The maximum Gasteiger partial charge on any atom is 0.494 e. The molecule has 0 aliphatic heterocycles. The van der Waals surface area contributed by atoms with Crippen molar-refractivity contribution in [2.24, 2.45) is 5.41 Å². The van der Waals surface area contributed by atoms with E-state index >= 15 is 0 Å². The predicted octanol–water partition coefficient (Wildman–Crippen LogP) is 1.74. The summed E-state index contributed by atoms with van der Waals surface area (Å²) in [6.45, 7) is 7.64. The zero-order chi connectivity index (χ0) is 12.1. The van der Waals surface area contributed by atoms with E-state index in [2.05, 4.69) is 0 Å². The van der Waals surface area contributed by atoms with Gasteiger partial charge in [0.15, 0.2) is 5.78 Å². The van der Waals surface area contributed by atoms with E-state index in [0.717, 1.165) is 6.42 Å². The van der Waals surface area contributed by atoms with Crippen molar-refractivity contribution in [2.45, 2.75) is 40.2 Å². The van der Waals surface area contributed by atoms with Gasteiger partial charge in [0.05, 0.1) is 5.76 Å². The molecule has 0 heterocycles. The number of carbonyl (C=O) groups is 1. The summed E-state index contributed by atoms with van der Waals surface area (Å²) < 4.78 is 10.4. The summed E-state index contributed by atoms with van der Waals surface area (Å²) in [6.07, 6.45) is 2.21. The Kier molecular flexibility index (Phi) is 6.20. The lowest BCUT2D eigenvalue weighted by Gasteiger charge is -2.20. The number of hydrogen-bond acceptors (Lipinski definition) is 3. The van der Waals surface area contributed by atoms with Crippen molar-refractivity contribution in [2.75, 3.05) is 7.11 Å². The minimum atomic E-state index is -0.376. The number of methoxy groups -OCH3 is 1. The van der Waals surface area contributed by atoms with Crippen molar-refractivity contribution < 1.29 is 13.3 Å². The van der Waals surface area contributed by atoms with Crippen LogP contribution in [0.15, 0.2) is 11.8 Å². The highest BCUT2D eigenvalue weighted by atomic mass is 27.1. The lowest BCUT2D eigenvalue weighted by Crippen LogP contribution is -2.21. The van der Waals surface area contributed by atoms with E-state index in [4.69, 9.17) is 8.53 Å². The van der Waals surface area contributed by atoms with E-state index in [1.807, 2.05) is 27.7 Å². The van der Waals surface area contributed by atoms with Crippen molar-refractivity contribution in [3.63, 3.8) is 0 Å². The van der Waals surface area contributed by atoms with Gasteiger partial charge in [-0.25, -0.2) is 0 Å². The highest BCUT2D eigenvalue weighted by Crippen LogP contribution is 2.18. The molecule has 0 fully saturated rings. The first-order valence-corrected chi connectivity index (χ1v) is 5.65. The van der Waals surface area contributed by atoms with Gasteiger partial charge in [-0.1, -0.05) is 27.7 Å². The van der Waals surface area contributed by atoms with Gasteiger partial charge in [-0.15, -0.1) is 0 Å². The predicted molar refractivity (Wildman–Crippen MR) is 61.9 cm³/mol. The van der Waals surface area contributed by atoms with Gasteiger partial charge in [0.25, 0.3) is 0 Å². The van der Waals surface area contributed by atoms with Crippen LogP contribution in [0.5, 0.6) is 0 Å². The number of hydrogen-bond donors (Lipinski definition) is 0. The maximum absolute atomic E-state index is 11.8. The van der Waals surface area contributed by atoms with Crippen molar-refractivity contribution in [1.82, 2.24) is 0 Å². The Labute approximate surface area is 101 Å². The van der Waals surface area contributed by atoms with Gasteiger partial charge >= 0.3 is 16.6 Å². The van der Waals surface area contributed by atoms with Gasteiger partial charge in [-0.3, -0.25) is 4.79 Å². The molecule has 0 aliphatic rings. The van der Waals surface area contributed by atoms with Gasteiger partial charge in [-0.2, -0.15) is 0 Å². The van der Waals surface area contributed by atoms with E-state index in [1.54, 1.807) is 13.2 Å².